The van der Waals surface area contributed by atoms with Crippen LogP contribution in [0.25, 0.3) is 0 Å². The molecule has 1 N–H and O–H groups in total. The van der Waals surface area contributed by atoms with Crippen LogP contribution in [0.15, 0.2) is 36.4 Å². The largest absolute Gasteiger partial charge is 0.465 e. The van der Waals surface area contributed by atoms with Crippen LogP contribution >= 0.6 is 11.6 Å². The lowest BCUT2D eigenvalue weighted by Crippen LogP contribution is -2.19. The number of aromatic nitrogens is 1. The van der Waals surface area contributed by atoms with E-state index in [9.17, 15) is 9.59 Å². The zero-order valence-corrected chi connectivity index (χ0v) is 12.3. The maximum atomic E-state index is 12.3. The van der Waals surface area contributed by atoms with Crippen molar-refractivity contribution in [1.29, 1.82) is 0 Å². The number of carbonyl (C=O) groups is 2. The van der Waals surface area contributed by atoms with E-state index in [2.05, 4.69) is 15.0 Å². The molecule has 0 aliphatic carbocycles. The highest BCUT2D eigenvalue weighted by atomic mass is 35.5. The molecule has 1 aromatic carbocycles. The average molecular weight is 305 g/mol. The van der Waals surface area contributed by atoms with E-state index in [0.717, 1.165) is 0 Å². The molecule has 0 bridgehead atoms. The third kappa shape index (κ3) is 3.38. The highest BCUT2D eigenvalue weighted by Gasteiger charge is 2.20. The lowest BCUT2D eigenvalue weighted by atomic mass is 10.1. The first-order chi connectivity index (χ1) is 10.0. The first-order valence-electron chi connectivity index (χ1n) is 6.14. The molecule has 1 aromatic heterocycles. The Labute approximate surface area is 126 Å². The Bertz CT molecular complexity index is 701. The number of para-hydroxylation sites is 1. The van der Waals surface area contributed by atoms with Gasteiger partial charge in [-0.15, -0.1) is 0 Å². The maximum Gasteiger partial charge on any atom is 0.340 e. The van der Waals surface area contributed by atoms with E-state index in [1.807, 2.05) is 0 Å². The fraction of sp³-hybridized carbons (Fsp3) is 0.133. The van der Waals surface area contributed by atoms with Gasteiger partial charge in [-0.3, -0.25) is 4.79 Å². The molecule has 5 nitrogen and oxygen atoms in total. The van der Waals surface area contributed by atoms with Crippen molar-refractivity contribution in [2.45, 2.75) is 6.92 Å². The quantitative estimate of drug-likeness (QED) is 0.885. The van der Waals surface area contributed by atoms with Gasteiger partial charge in [0.05, 0.1) is 23.4 Å². The third-order valence-corrected chi connectivity index (χ3v) is 3.11. The van der Waals surface area contributed by atoms with E-state index in [4.69, 9.17) is 11.6 Å². The molecule has 21 heavy (non-hydrogen) atoms. The van der Waals surface area contributed by atoms with Crippen LogP contribution in [0.3, 0.4) is 0 Å². The van der Waals surface area contributed by atoms with Crippen LogP contribution in [0.2, 0.25) is 5.02 Å². The number of anilines is 1. The molecule has 0 unspecified atom stereocenters. The molecule has 1 amide bonds. The van der Waals surface area contributed by atoms with Gasteiger partial charge in [0.15, 0.2) is 0 Å². The van der Waals surface area contributed by atoms with Crippen molar-refractivity contribution in [3.63, 3.8) is 0 Å². The predicted molar refractivity (Wildman–Crippen MR) is 79.7 cm³/mol. The van der Waals surface area contributed by atoms with Gasteiger partial charge in [0.2, 0.25) is 0 Å². The normalized spacial score (nSPS) is 10.0. The van der Waals surface area contributed by atoms with Gasteiger partial charge in [0.25, 0.3) is 5.91 Å². The van der Waals surface area contributed by atoms with Crippen molar-refractivity contribution in [3.05, 3.63) is 58.4 Å². The van der Waals surface area contributed by atoms with Crippen molar-refractivity contribution in [2.24, 2.45) is 0 Å². The lowest BCUT2D eigenvalue weighted by Gasteiger charge is -2.10. The van der Waals surface area contributed by atoms with Crippen LogP contribution in [0.1, 0.15) is 26.5 Å². The summed E-state index contributed by atoms with van der Waals surface area (Å²) in [6, 6.07) is 9.96. The molecule has 0 atom stereocenters. The van der Waals surface area contributed by atoms with Gasteiger partial charge >= 0.3 is 5.97 Å². The number of ether oxygens (including phenoxy) is 1. The van der Waals surface area contributed by atoms with Crippen molar-refractivity contribution in [1.82, 2.24) is 4.98 Å². The number of carbonyl (C=O) groups excluding carboxylic acids is 2. The summed E-state index contributed by atoms with van der Waals surface area (Å²) in [5.74, 6) is -1.14. The Hall–Kier alpha value is -2.40. The standard InChI is InChI=1S/C15H13ClN2O3/c1-9-7-8-10(15(20)21-2)13(17-9)14(19)18-12-6-4-3-5-11(12)16/h3-8H,1-2H3,(H,18,19). The van der Waals surface area contributed by atoms with Crippen molar-refractivity contribution in [2.75, 3.05) is 12.4 Å². The molecule has 6 heteroatoms. The highest BCUT2D eigenvalue weighted by Crippen LogP contribution is 2.21. The molecule has 0 aliphatic rings. The fourth-order valence-electron chi connectivity index (χ4n) is 1.75. The van der Waals surface area contributed by atoms with Crippen molar-refractivity contribution in [3.8, 4) is 0 Å². The molecule has 0 saturated heterocycles. The molecule has 0 radical (unpaired) electrons. The monoisotopic (exact) mass is 304 g/mol. The van der Waals surface area contributed by atoms with E-state index in [-0.39, 0.29) is 11.3 Å². The van der Waals surface area contributed by atoms with E-state index >= 15 is 0 Å². The summed E-state index contributed by atoms with van der Waals surface area (Å²) in [6.45, 7) is 1.73. The Morgan fingerprint density at radius 3 is 2.57 bits per heavy atom. The van der Waals surface area contributed by atoms with Crippen LogP contribution in [-0.4, -0.2) is 24.0 Å². The number of esters is 1. The number of amides is 1. The number of rotatable bonds is 3. The van der Waals surface area contributed by atoms with E-state index in [1.165, 1.54) is 13.2 Å². The number of nitrogens with zero attached hydrogens (tertiary/aromatic N) is 1. The first kappa shape index (κ1) is 15.0. The molecule has 2 rings (SSSR count). The zero-order valence-electron chi connectivity index (χ0n) is 11.5. The topological polar surface area (TPSA) is 68.3 Å². The number of methoxy groups -OCH3 is 1. The van der Waals surface area contributed by atoms with Crippen LogP contribution in [0, 0.1) is 6.92 Å². The van der Waals surface area contributed by atoms with Gasteiger partial charge in [0, 0.05) is 5.69 Å². The summed E-state index contributed by atoms with van der Waals surface area (Å²) in [7, 11) is 1.25. The first-order valence-corrected chi connectivity index (χ1v) is 6.52. The smallest absolute Gasteiger partial charge is 0.340 e. The van der Waals surface area contributed by atoms with Crippen LogP contribution < -0.4 is 5.32 Å². The SMILES string of the molecule is COC(=O)c1ccc(C)nc1C(=O)Nc1ccccc1Cl. The number of halogens is 1. The maximum absolute atomic E-state index is 12.3. The second-order valence-electron chi connectivity index (χ2n) is 4.27. The average Bonchev–Trinajstić information content (AvgIpc) is 2.48. The van der Waals surface area contributed by atoms with Crippen LogP contribution in [-0.2, 0) is 4.74 Å². The number of benzene rings is 1. The summed E-state index contributed by atoms with van der Waals surface area (Å²) in [6.07, 6.45) is 0. The molecule has 2 aromatic rings. The fourth-order valence-corrected chi connectivity index (χ4v) is 1.93. The number of pyridine rings is 1. The number of hydrogen-bond donors (Lipinski definition) is 1. The summed E-state index contributed by atoms with van der Waals surface area (Å²) in [5, 5.41) is 3.03. The zero-order chi connectivity index (χ0) is 15.4. The number of aryl methyl sites for hydroxylation is 1. The molecule has 1 heterocycles. The predicted octanol–water partition coefficient (Wildman–Crippen LogP) is 3.08. The molecular weight excluding hydrogens is 292 g/mol. The summed E-state index contributed by atoms with van der Waals surface area (Å²) < 4.78 is 4.66. The minimum atomic E-state index is -0.619. The highest BCUT2D eigenvalue weighted by molar-refractivity contribution is 6.34. The lowest BCUT2D eigenvalue weighted by molar-refractivity contribution is 0.0596. The van der Waals surface area contributed by atoms with Crippen LogP contribution in [0.4, 0.5) is 5.69 Å². The van der Waals surface area contributed by atoms with Gasteiger partial charge < -0.3 is 10.1 Å². The second kappa shape index (κ2) is 6.37. The molecule has 0 spiro atoms. The molecule has 0 aliphatic heterocycles. The molecular formula is C15H13ClN2O3. The van der Waals surface area contributed by atoms with Gasteiger partial charge in [-0.2, -0.15) is 0 Å². The van der Waals surface area contributed by atoms with Gasteiger partial charge in [-0.1, -0.05) is 23.7 Å². The number of nitrogens with one attached hydrogen (secondary N) is 1. The van der Waals surface area contributed by atoms with E-state index in [0.29, 0.717) is 16.4 Å². The summed E-state index contributed by atoms with van der Waals surface area (Å²) >= 11 is 5.99. The molecule has 0 saturated carbocycles. The Kier molecular flexibility index (Phi) is 4.55. The number of hydrogen-bond acceptors (Lipinski definition) is 4. The van der Waals surface area contributed by atoms with Gasteiger partial charge in [0.1, 0.15) is 5.69 Å². The Morgan fingerprint density at radius 1 is 1.19 bits per heavy atom. The Balaban J connectivity index is 2.37. The second-order valence-corrected chi connectivity index (χ2v) is 4.68. The molecule has 0 fully saturated rings. The third-order valence-electron chi connectivity index (χ3n) is 2.78. The van der Waals surface area contributed by atoms with Crippen molar-refractivity contribution >= 4 is 29.2 Å². The van der Waals surface area contributed by atoms with Gasteiger partial charge in [-0.05, 0) is 31.2 Å². The van der Waals surface area contributed by atoms with E-state index < -0.39 is 11.9 Å². The summed E-state index contributed by atoms with van der Waals surface area (Å²) in [4.78, 5) is 28.1. The van der Waals surface area contributed by atoms with E-state index in [1.54, 1.807) is 37.3 Å². The van der Waals surface area contributed by atoms with Crippen molar-refractivity contribution < 1.29 is 14.3 Å². The van der Waals surface area contributed by atoms with Crippen LogP contribution in [0.5, 0.6) is 0 Å². The minimum absolute atomic E-state index is 0.00164. The summed E-state index contributed by atoms with van der Waals surface area (Å²) in [5.41, 5.74) is 1.17. The van der Waals surface area contributed by atoms with Gasteiger partial charge in [-0.25, -0.2) is 9.78 Å². The Morgan fingerprint density at radius 2 is 1.90 bits per heavy atom. The molecule has 108 valence electrons. The minimum Gasteiger partial charge on any atom is -0.465 e.